The van der Waals surface area contributed by atoms with E-state index in [-0.39, 0.29) is 0 Å². The molecule has 1 aromatic heterocycles. The summed E-state index contributed by atoms with van der Waals surface area (Å²) in [7, 11) is 0. The summed E-state index contributed by atoms with van der Waals surface area (Å²) in [6.07, 6.45) is 11.8. The first-order valence-corrected chi connectivity index (χ1v) is 8.16. The number of likely N-dealkylation sites (tertiary alicyclic amines) is 1. The number of piperidine rings is 1. The average Bonchev–Trinajstić information content (AvgIpc) is 2.99. The lowest BCUT2D eigenvalue weighted by molar-refractivity contribution is 0.217. The topological polar surface area (TPSA) is 15.3 Å². The maximum atomic E-state index is 5.36. The molecule has 3 heteroatoms. The zero-order chi connectivity index (χ0) is 13.1. The molecule has 1 aromatic rings. The Morgan fingerprint density at radius 3 is 2.95 bits per heavy atom. The van der Waals surface area contributed by atoms with Crippen molar-refractivity contribution in [1.29, 1.82) is 0 Å². The van der Waals surface area contributed by atoms with E-state index in [4.69, 9.17) is 6.42 Å². The van der Waals surface area contributed by atoms with Gasteiger partial charge in [0, 0.05) is 35.4 Å². The van der Waals surface area contributed by atoms with Crippen molar-refractivity contribution in [2.24, 2.45) is 0 Å². The Hall–Kier alpha value is -0.820. The van der Waals surface area contributed by atoms with Gasteiger partial charge in [-0.05, 0) is 43.7 Å². The number of fused-ring (bicyclic) bond motifs is 1. The molecule has 102 valence electrons. The Bertz CT molecular complexity index is 442. The molecule has 2 nitrogen and oxygen atoms in total. The second-order valence-electron chi connectivity index (χ2n) is 5.65. The van der Waals surface area contributed by atoms with Crippen LogP contribution in [0.4, 0.5) is 0 Å². The lowest BCUT2D eigenvalue weighted by Gasteiger charge is -2.31. The van der Waals surface area contributed by atoms with Crippen LogP contribution in [0.25, 0.3) is 0 Å². The van der Waals surface area contributed by atoms with Gasteiger partial charge in [0.2, 0.25) is 0 Å². The molecule has 19 heavy (non-hydrogen) atoms. The van der Waals surface area contributed by atoms with E-state index in [2.05, 4.69) is 22.2 Å². The quantitative estimate of drug-likeness (QED) is 0.848. The van der Waals surface area contributed by atoms with Crippen LogP contribution in [0.2, 0.25) is 0 Å². The van der Waals surface area contributed by atoms with Crippen molar-refractivity contribution < 1.29 is 0 Å². The Kier molecular flexibility index (Phi) is 4.22. The zero-order valence-electron chi connectivity index (χ0n) is 11.5. The summed E-state index contributed by atoms with van der Waals surface area (Å²) >= 11 is 2.02. The molecule has 2 heterocycles. The van der Waals surface area contributed by atoms with Crippen molar-refractivity contribution in [3.05, 3.63) is 21.4 Å². The molecule has 0 saturated carbocycles. The molecule has 0 amide bonds. The predicted molar refractivity (Wildman–Crippen MR) is 81.5 cm³/mol. The maximum absolute atomic E-state index is 5.36. The minimum Gasteiger partial charge on any atom is -0.309 e. The number of thiophene rings is 1. The zero-order valence-corrected chi connectivity index (χ0v) is 12.3. The highest BCUT2D eigenvalue weighted by molar-refractivity contribution is 7.12. The van der Waals surface area contributed by atoms with Crippen LogP contribution in [0.1, 0.15) is 34.6 Å². The molecule has 0 atom stereocenters. The summed E-state index contributed by atoms with van der Waals surface area (Å²) in [6, 6.07) is 3.10. The molecule has 1 aliphatic carbocycles. The lowest BCUT2D eigenvalue weighted by atomic mass is 10.1. The van der Waals surface area contributed by atoms with E-state index in [1.165, 1.54) is 37.0 Å². The van der Waals surface area contributed by atoms with E-state index < -0.39 is 0 Å². The monoisotopic (exact) mass is 274 g/mol. The van der Waals surface area contributed by atoms with Gasteiger partial charge in [0.15, 0.2) is 0 Å². The summed E-state index contributed by atoms with van der Waals surface area (Å²) < 4.78 is 0. The number of hydrogen-bond acceptors (Lipinski definition) is 3. The maximum Gasteiger partial charge on any atom is 0.0598 e. The van der Waals surface area contributed by atoms with Gasteiger partial charge in [-0.25, -0.2) is 0 Å². The number of nitrogens with one attached hydrogen (secondary N) is 1. The van der Waals surface area contributed by atoms with Gasteiger partial charge in [0.25, 0.3) is 0 Å². The largest absolute Gasteiger partial charge is 0.309 e. The Morgan fingerprint density at radius 2 is 2.21 bits per heavy atom. The molecule has 1 saturated heterocycles. The molecule has 0 radical (unpaired) electrons. The van der Waals surface area contributed by atoms with Crippen molar-refractivity contribution in [2.75, 3.05) is 19.6 Å². The lowest BCUT2D eigenvalue weighted by Crippen LogP contribution is -2.42. The highest BCUT2D eigenvalue weighted by Crippen LogP contribution is 2.30. The molecule has 0 bridgehead atoms. The van der Waals surface area contributed by atoms with E-state index >= 15 is 0 Å². The Labute approximate surface area is 120 Å². The van der Waals surface area contributed by atoms with E-state index in [9.17, 15) is 0 Å². The van der Waals surface area contributed by atoms with Gasteiger partial charge in [0.1, 0.15) is 0 Å². The number of aryl methyl sites for hydroxylation is 2. The highest BCUT2D eigenvalue weighted by atomic mass is 32.1. The van der Waals surface area contributed by atoms with Crippen molar-refractivity contribution >= 4 is 11.3 Å². The highest BCUT2D eigenvalue weighted by Gasteiger charge is 2.19. The fourth-order valence-corrected chi connectivity index (χ4v) is 4.36. The van der Waals surface area contributed by atoms with Gasteiger partial charge in [-0.2, -0.15) is 0 Å². The van der Waals surface area contributed by atoms with Crippen LogP contribution in [0.5, 0.6) is 0 Å². The third-order valence-electron chi connectivity index (χ3n) is 4.27. The molecule has 1 aliphatic heterocycles. The molecule has 1 fully saturated rings. The molecular formula is C16H22N2S. The number of rotatable bonds is 4. The van der Waals surface area contributed by atoms with E-state index in [0.717, 1.165) is 26.2 Å². The first kappa shape index (κ1) is 13.2. The SMILES string of the molecule is C#CCN1CCC(NCc2cc3c(s2)CCC3)CC1. The van der Waals surface area contributed by atoms with Crippen LogP contribution in [0.15, 0.2) is 6.07 Å². The van der Waals surface area contributed by atoms with Gasteiger partial charge in [-0.15, -0.1) is 17.8 Å². The summed E-state index contributed by atoms with van der Waals surface area (Å²) in [5.74, 6) is 2.74. The number of nitrogens with zero attached hydrogens (tertiary/aromatic N) is 1. The van der Waals surface area contributed by atoms with Gasteiger partial charge < -0.3 is 5.32 Å². The summed E-state index contributed by atoms with van der Waals surface area (Å²) in [5.41, 5.74) is 1.62. The average molecular weight is 274 g/mol. The molecule has 0 aromatic carbocycles. The molecule has 0 spiro atoms. The van der Waals surface area contributed by atoms with Crippen LogP contribution in [0.3, 0.4) is 0 Å². The molecule has 3 rings (SSSR count). The van der Waals surface area contributed by atoms with Crippen LogP contribution >= 0.6 is 11.3 Å². The second kappa shape index (κ2) is 6.09. The van der Waals surface area contributed by atoms with Crippen LogP contribution in [-0.2, 0) is 19.4 Å². The summed E-state index contributed by atoms with van der Waals surface area (Å²) in [6.45, 7) is 4.15. The fourth-order valence-electron chi connectivity index (χ4n) is 3.15. The van der Waals surface area contributed by atoms with Crippen molar-refractivity contribution in [3.63, 3.8) is 0 Å². The third kappa shape index (κ3) is 3.20. The van der Waals surface area contributed by atoms with Gasteiger partial charge in [0.05, 0.1) is 6.54 Å². The number of hydrogen-bond donors (Lipinski definition) is 1. The van der Waals surface area contributed by atoms with E-state index in [1.54, 1.807) is 10.4 Å². The van der Waals surface area contributed by atoms with Crippen LogP contribution in [0, 0.1) is 12.3 Å². The van der Waals surface area contributed by atoms with Crippen molar-refractivity contribution in [1.82, 2.24) is 10.2 Å². The minimum absolute atomic E-state index is 0.672. The van der Waals surface area contributed by atoms with Crippen LogP contribution < -0.4 is 5.32 Å². The molecule has 2 aliphatic rings. The van der Waals surface area contributed by atoms with Gasteiger partial charge in [-0.1, -0.05) is 5.92 Å². The van der Waals surface area contributed by atoms with Crippen molar-refractivity contribution in [3.8, 4) is 12.3 Å². The van der Waals surface area contributed by atoms with Crippen molar-refractivity contribution in [2.45, 2.75) is 44.7 Å². The minimum atomic E-state index is 0.672. The second-order valence-corrected chi connectivity index (χ2v) is 6.87. The van der Waals surface area contributed by atoms with E-state index in [0.29, 0.717) is 6.04 Å². The number of terminal acetylenes is 1. The summed E-state index contributed by atoms with van der Waals surface area (Å²) in [4.78, 5) is 5.54. The third-order valence-corrected chi connectivity index (χ3v) is 5.50. The van der Waals surface area contributed by atoms with Gasteiger partial charge >= 0.3 is 0 Å². The normalized spacial score (nSPS) is 20.4. The predicted octanol–water partition coefficient (Wildman–Crippen LogP) is 2.42. The summed E-state index contributed by atoms with van der Waals surface area (Å²) in [5, 5.41) is 3.72. The smallest absolute Gasteiger partial charge is 0.0598 e. The van der Waals surface area contributed by atoms with E-state index in [1.807, 2.05) is 11.3 Å². The first-order chi connectivity index (χ1) is 9.35. The molecular weight excluding hydrogens is 252 g/mol. The van der Waals surface area contributed by atoms with Gasteiger partial charge in [-0.3, -0.25) is 4.90 Å². The first-order valence-electron chi connectivity index (χ1n) is 7.35. The fraction of sp³-hybridized carbons (Fsp3) is 0.625. The molecule has 0 unspecified atom stereocenters. The standard InChI is InChI=1S/C16H22N2S/c1-2-8-18-9-6-14(7-10-18)17-12-15-11-13-4-3-5-16(13)19-15/h1,11,14,17H,3-10,12H2. The Morgan fingerprint density at radius 1 is 1.37 bits per heavy atom. The molecule has 1 N–H and O–H groups in total. The Balaban J connectivity index is 1.44. The van der Waals surface area contributed by atoms with Crippen LogP contribution in [-0.4, -0.2) is 30.6 Å².